The van der Waals surface area contributed by atoms with Crippen LogP contribution in [0.3, 0.4) is 0 Å². The van der Waals surface area contributed by atoms with E-state index in [4.69, 9.17) is 0 Å². The van der Waals surface area contributed by atoms with Gasteiger partial charge in [-0.15, -0.1) is 0 Å². The Labute approximate surface area is 155 Å². The molecular weight excluding hydrogens is 349 g/mol. The topological polar surface area (TPSA) is 88.9 Å². The van der Waals surface area contributed by atoms with Crippen LogP contribution in [0.2, 0.25) is 0 Å². The van der Waals surface area contributed by atoms with E-state index in [1.165, 1.54) is 31.3 Å². The largest absolute Gasteiger partial charge is 0.326 e. The molecule has 0 aliphatic carbocycles. The standard InChI is InChI=1S/C19H18FN5O2/c1-11-8-12(2)25(24-11)18-7-4-14(10-21-18)19(27)23-17-9-15(22-13(3)26)5-6-16(17)20/h4-10H,1-3H3,(H,22,26)(H,23,27). The molecule has 0 saturated carbocycles. The average molecular weight is 367 g/mol. The molecule has 0 atom stereocenters. The van der Waals surface area contributed by atoms with Crippen molar-refractivity contribution in [1.29, 1.82) is 0 Å². The Hall–Kier alpha value is -3.55. The summed E-state index contributed by atoms with van der Waals surface area (Å²) in [6.07, 6.45) is 1.40. The van der Waals surface area contributed by atoms with Crippen molar-refractivity contribution < 1.29 is 14.0 Å². The molecule has 7 nitrogen and oxygen atoms in total. The van der Waals surface area contributed by atoms with Crippen LogP contribution < -0.4 is 10.6 Å². The zero-order valence-electron chi connectivity index (χ0n) is 15.1. The number of halogens is 1. The summed E-state index contributed by atoms with van der Waals surface area (Å²) in [6, 6.07) is 9.11. The van der Waals surface area contributed by atoms with Crippen LogP contribution in [0, 0.1) is 19.7 Å². The van der Waals surface area contributed by atoms with Crippen molar-refractivity contribution in [3.05, 3.63) is 65.4 Å². The second-order valence-electron chi connectivity index (χ2n) is 6.07. The molecule has 0 aliphatic heterocycles. The lowest BCUT2D eigenvalue weighted by Crippen LogP contribution is -2.14. The Balaban J connectivity index is 1.79. The molecule has 8 heteroatoms. The van der Waals surface area contributed by atoms with Gasteiger partial charge in [0, 0.05) is 24.5 Å². The first-order valence-corrected chi connectivity index (χ1v) is 8.21. The number of nitrogens with one attached hydrogen (secondary N) is 2. The van der Waals surface area contributed by atoms with Crippen molar-refractivity contribution in [2.45, 2.75) is 20.8 Å². The smallest absolute Gasteiger partial charge is 0.257 e. The number of benzene rings is 1. The molecule has 2 aromatic heterocycles. The highest BCUT2D eigenvalue weighted by molar-refractivity contribution is 6.04. The van der Waals surface area contributed by atoms with Crippen LogP contribution >= 0.6 is 0 Å². The summed E-state index contributed by atoms with van der Waals surface area (Å²) in [5, 5.41) is 9.36. The van der Waals surface area contributed by atoms with Crippen LogP contribution in [0.1, 0.15) is 28.7 Å². The van der Waals surface area contributed by atoms with Gasteiger partial charge in [-0.2, -0.15) is 5.10 Å². The molecule has 0 unspecified atom stereocenters. The number of hydrogen-bond donors (Lipinski definition) is 2. The van der Waals surface area contributed by atoms with Gasteiger partial charge in [-0.25, -0.2) is 14.1 Å². The van der Waals surface area contributed by atoms with E-state index in [2.05, 4.69) is 20.7 Å². The molecule has 3 rings (SSSR count). The molecule has 0 spiro atoms. The molecule has 138 valence electrons. The monoisotopic (exact) mass is 367 g/mol. The third-order valence-corrected chi connectivity index (χ3v) is 3.77. The predicted octanol–water partition coefficient (Wildman–Crippen LogP) is 3.23. The van der Waals surface area contributed by atoms with Crippen LogP contribution in [0.4, 0.5) is 15.8 Å². The summed E-state index contributed by atoms with van der Waals surface area (Å²) in [5.41, 5.74) is 2.41. The number of rotatable bonds is 4. The van der Waals surface area contributed by atoms with Crippen LogP contribution in [0.5, 0.6) is 0 Å². The Morgan fingerprint density at radius 1 is 1.07 bits per heavy atom. The zero-order chi connectivity index (χ0) is 19.6. The minimum Gasteiger partial charge on any atom is -0.326 e. The molecule has 0 fully saturated rings. The fraction of sp³-hybridized carbons (Fsp3) is 0.158. The summed E-state index contributed by atoms with van der Waals surface area (Å²) in [4.78, 5) is 27.8. The molecule has 27 heavy (non-hydrogen) atoms. The fourth-order valence-electron chi connectivity index (χ4n) is 2.60. The van der Waals surface area contributed by atoms with E-state index >= 15 is 0 Å². The number of aryl methyl sites for hydroxylation is 2. The number of hydrogen-bond acceptors (Lipinski definition) is 4. The van der Waals surface area contributed by atoms with Crippen LogP contribution in [0.25, 0.3) is 5.82 Å². The normalized spacial score (nSPS) is 10.5. The summed E-state index contributed by atoms with van der Waals surface area (Å²) in [7, 11) is 0. The first-order valence-electron chi connectivity index (χ1n) is 8.21. The van der Waals surface area contributed by atoms with Crippen molar-refractivity contribution in [2.75, 3.05) is 10.6 Å². The number of carbonyl (C=O) groups is 2. The zero-order valence-corrected chi connectivity index (χ0v) is 15.1. The van der Waals surface area contributed by atoms with Crippen molar-refractivity contribution in [1.82, 2.24) is 14.8 Å². The van der Waals surface area contributed by atoms with E-state index in [9.17, 15) is 14.0 Å². The van der Waals surface area contributed by atoms with E-state index < -0.39 is 11.7 Å². The lowest BCUT2D eigenvalue weighted by Gasteiger charge is -2.10. The highest BCUT2D eigenvalue weighted by atomic mass is 19.1. The van der Waals surface area contributed by atoms with Gasteiger partial charge in [0.1, 0.15) is 5.82 Å². The molecule has 1 aromatic carbocycles. The van der Waals surface area contributed by atoms with Crippen LogP contribution in [0.15, 0.2) is 42.6 Å². The molecule has 2 heterocycles. The number of carbonyl (C=O) groups excluding carboxylic acids is 2. The quantitative estimate of drug-likeness (QED) is 0.741. The number of pyridine rings is 1. The van der Waals surface area contributed by atoms with E-state index in [0.29, 0.717) is 11.5 Å². The van der Waals surface area contributed by atoms with E-state index in [-0.39, 0.29) is 17.2 Å². The third-order valence-electron chi connectivity index (χ3n) is 3.77. The summed E-state index contributed by atoms with van der Waals surface area (Å²) in [5.74, 6) is -0.829. The van der Waals surface area contributed by atoms with Crippen LogP contribution in [-0.4, -0.2) is 26.6 Å². The SMILES string of the molecule is CC(=O)Nc1ccc(F)c(NC(=O)c2ccc(-n3nc(C)cc3C)nc2)c1. The molecule has 0 radical (unpaired) electrons. The van der Waals surface area contributed by atoms with Gasteiger partial charge in [0.05, 0.1) is 16.9 Å². The maximum absolute atomic E-state index is 14.0. The third kappa shape index (κ3) is 4.17. The van der Waals surface area contributed by atoms with Gasteiger partial charge >= 0.3 is 0 Å². The van der Waals surface area contributed by atoms with Gasteiger partial charge in [0.25, 0.3) is 5.91 Å². The predicted molar refractivity (Wildman–Crippen MR) is 99.5 cm³/mol. The Kier molecular flexibility index (Phi) is 4.98. The van der Waals surface area contributed by atoms with Crippen molar-refractivity contribution in [3.8, 4) is 5.82 Å². The molecule has 3 aromatic rings. The van der Waals surface area contributed by atoms with Gasteiger partial charge in [-0.05, 0) is 50.2 Å². The van der Waals surface area contributed by atoms with Crippen LogP contribution in [-0.2, 0) is 4.79 Å². The molecule has 0 aliphatic rings. The number of amides is 2. The first-order chi connectivity index (χ1) is 12.8. The lowest BCUT2D eigenvalue weighted by atomic mass is 10.2. The van der Waals surface area contributed by atoms with E-state index in [1.54, 1.807) is 16.8 Å². The number of anilines is 2. The summed E-state index contributed by atoms with van der Waals surface area (Å²) >= 11 is 0. The van der Waals surface area contributed by atoms with E-state index in [1.807, 2.05) is 19.9 Å². The summed E-state index contributed by atoms with van der Waals surface area (Å²) < 4.78 is 15.6. The second-order valence-corrected chi connectivity index (χ2v) is 6.07. The molecule has 2 amide bonds. The van der Waals surface area contributed by atoms with Gasteiger partial charge in [-0.1, -0.05) is 0 Å². The maximum Gasteiger partial charge on any atom is 0.257 e. The summed E-state index contributed by atoms with van der Waals surface area (Å²) in [6.45, 7) is 5.14. The first kappa shape index (κ1) is 18.2. The van der Waals surface area contributed by atoms with Crippen molar-refractivity contribution in [3.63, 3.8) is 0 Å². The highest BCUT2D eigenvalue weighted by Crippen LogP contribution is 2.20. The Morgan fingerprint density at radius 2 is 1.85 bits per heavy atom. The van der Waals surface area contributed by atoms with Gasteiger partial charge in [0.2, 0.25) is 5.91 Å². The molecule has 2 N–H and O–H groups in total. The maximum atomic E-state index is 14.0. The second kappa shape index (κ2) is 7.36. The Morgan fingerprint density at radius 3 is 2.44 bits per heavy atom. The fourth-order valence-corrected chi connectivity index (χ4v) is 2.60. The van der Waals surface area contributed by atoms with Gasteiger partial charge in [0.15, 0.2) is 5.82 Å². The van der Waals surface area contributed by atoms with Gasteiger partial charge in [-0.3, -0.25) is 9.59 Å². The van der Waals surface area contributed by atoms with E-state index in [0.717, 1.165) is 11.4 Å². The average Bonchev–Trinajstić information content (AvgIpc) is 2.96. The van der Waals surface area contributed by atoms with Crippen molar-refractivity contribution in [2.24, 2.45) is 0 Å². The molecular formula is C19H18FN5O2. The molecule has 0 saturated heterocycles. The lowest BCUT2D eigenvalue weighted by molar-refractivity contribution is -0.114. The minimum atomic E-state index is -0.607. The highest BCUT2D eigenvalue weighted by Gasteiger charge is 2.12. The van der Waals surface area contributed by atoms with Crippen molar-refractivity contribution >= 4 is 23.2 Å². The Bertz CT molecular complexity index is 1010. The minimum absolute atomic E-state index is 0.0335. The van der Waals surface area contributed by atoms with Gasteiger partial charge < -0.3 is 10.6 Å². The number of aromatic nitrogens is 3. The molecule has 0 bridgehead atoms. The number of nitrogens with zero attached hydrogens (tertiary/aromatic N) is 3.